The molecule has 18 valence electrons. The Labute approximate surface area is 67.5 Å². The van der Waals surface area contributed by atoms with Crippen LogP contribution in [0.4, 0.5) is 0 Å². The van der Waals surface area contributed by atoms with E-state index in [0.29, 0.717) is 0 Å². The van der Waals surface area contributed by atoms with E-state index in [1.54, 1.807) is 0 Å². The van der Waals surface area contributed by atoms with Crippen LogP contribution in [0.2, 0.25) is 0 Å². The number of hydrogen-bond acceptors (Lipinski definition) is 2. The van der Waals surface area contributed by atoms with Gasteiger partial charge in [-0.1, -0.05) is 0 Å². The molecule has 0 aromatic carbocycles. The molecule has 0 spiro atoms. The molecule has 0 saturated carbocycles. The van der Waals surface area contributed by atoms with Crippen LogP contribution >= 0.6 is 0 Å². The molecule has 4 heavy (non-hydrogen) atoms. The van der Waals surface area contributed by atoms with Gasteiger partial charge >= 0.3 is 51.4 Å². The molecule has 0 aromatic rings. The molecular weight excluding hydrogens is 81.1 g/mol. The molecule has 0 atom stereocenters. The van der Waals surface area contributed by atoms with Crippen molar-refractivity contribution in [3.8, 4) is 6.57 Å². The van der Waals surface area contributed by atoms with E-state index in [4.69, 9.17) is 5.26 Å². The third kappa shape index (κ3) is 11.4. The van der Waals surface area contributed by atoms with E-state index >= 15 is 0 Å². The zero-order valence-corrected chi connectivity index (χ0v) is 5.59. The summed E-state index contributed by atoms with van der Waals surface area (Å²) >= 11 is 0. The van der Waals surface area contributed by atoms with Crippen molar-refractivity contribution < 1.29 is 56.9 Å². The third-order valence-electron chi connectivity index (χ3n) is 0. The molecule has 0 aliphatic heterocycles. The molecule has 0 amide bonds. The van der Waals surface area contributed by atoms with Crippen LogP contribution in [0, 0.1) is 11.8 Å². The van der Waals surface area contributed by atoms with Crippen LogP contribution in [-0.2, 0) is 0 Å². The molecule has 0 aromatic heterocycles. The van der Waals surface area contributed by atoms with Crippen LogP contribution in [0.15, 0.2) is 0 Å². The molecule has 1 N–H and O–H groups in total. The van der Waals surface area contributed by atoms with Gasteiger partial charge in [0.2, 0.25) is 0 Å². The van der Waals surface area contributed by atoms with Crippen molar-refractivity contribution in [3.05, 3.63) is 0 Å². The SMILES string of the molecule is C#N.[K+].[OH-]. The quantitative estimate of drug-likeness (QED) is 0.292. The molecule has 0 heterocycles. The summed E-state index contributed by atoms with van der Waals surface area (Å²) in [7, 11) is 0. The van der Waals surface area contributed by atoms with E-state index in [2.05, 4.69) is 6.57 Å². The van der Waals surface area contributed by atoms with E-state index in [1.807, 2.05) is 0 Å². The minimum atomic E-state index is 0. The molecule has 0 bridgehead atoms. The van der Waals surface area contributed by atoms with Crippen molar-refractivity contribution in [2.45, 2.75) is 0 Å². The predicted octanol–water partition coefficient (Wildman–Crippen LogP) is -3.03. The first-order valence-corrected chi connectivity index (χ1v) is 0.258. The summed E-state index contributed by atoms with van der Waals surface area (Å²) < 4.78 is 0. The zero-order valence-electron chi connectivity index (χ0n) is 2.47. The molecular formula is CH2KNO. The van der Waals surface area contributed by atoms with Crippen LogP contribution in [0.25, 0.3) is 0 Å². The topological polar surface area (TPSA) is 53.8 Å². The summed E-state index contributed by atoms with van der Waals surface area (Å²) in [5.74, 6) is 0. The minimum absolute atomic E-state index is 0. The average molecular weight is 83.1 g/mol. The number of nitriles is 1. The van der Waals surface area contributed by atoms with Gasteiger partial charge in [0.15, 0.2) is 0 Å². The van der Waals surface area contributed by atoms with Gasteiger partial charge in [0.05, 0.1) is 0 Å². The fraction of sp³-hybridized carbons (Fsp3) is 0. The molecule has 0 rings (SSSR count). The molecule has 0 aliphatic carbocycles. The Bertz CT molecular complexity index is 12.8. The van der Waals surface area contributed by atoms with Gasteiger partial charge in [-0.05, 0) is 0 Å². The fourth-order valence-electron chi connectivity index (χ4n) is 0. The number of rotatable bonds is 0. The van der Waals surface area contributed by atoms with Gasteiger partial charge in [0, 0.05) is 6.57 Å². The second-order valence-corrected chi connectivity index (χ2v) is 0. The summed E-state index contributed by atoms with van der Waals surface area (Å²) in [6.07, 6.45) is 0. The summed E-state index contributed by atoms with van der Waals surface area (Å²) in [5.41, 5.74) is 0. The Hall–Kier alpha value is 1.09. The fourth-order valence-corrected chi connectivity index (χ4v) is 0. The van der Waals surface area contributed by atoms with Crippen molar-refractivity contribution in [3.63, 3.8) is 0 Å². The van der Waals surface area contributed by atoms with Gasteiger partial charge in [-0.2, -0.15) is 0 Å². The predicted molar refractivity (Wildman–Crippen MR) is 8.61 cm³/mol. The van der Waals surface area contributed by atoms with Crippen LogP contribution in [0.3, 0.4) is 0 Å². The molecule has 0 fully saturated rings. The van der Waals surface area contributed by atoms with Gasteiger partial charge in [-0.3, -0.25) is 0 Å². The first-order valence-electron chi connectivity index (χ1n) is 0.258. The Morgan fingerprint density at radius 3 is 1.25 bits per heavy atom. The summed E-state index contributed by atoms with van der Waals surface area (Å²) in [6.45, 7) is 3.50. The maximum absolute atomic E-state index is 6.50. The Morgan fingerprint density at radius 1 is 1.25 bits per heavy atom. The smallest absolute Gasteiger partial charge is 0.870 e. The molecule has 3 heteroatoms. The minimum Gasteiger partial charge on any atom is -0.870 e. The normalized spacial score (nSPS) is 0.500. The monoisotopic (exact) mass is 83.0 g/mol. The van der Waals surface area contributed by atoms with Crippen LogP contribution in [0.5, 0.6) is 0 Å². The largest absolute Gasteiger partial charge is 1.00 e. The van der Waals surface area contributed by atoms with Crippen molar-refractivity contribution in [2.75, 3.05) is 0 Å². The Kier molecular flexibility index (Phi) is 161. The number of hydrogen-bond donors (Lipinski definition) is 0. The van der Waals surface area contributed by atoms with E-state index < -0.39 is 0 Å². The van der Waals surface area contributed by atoms with Crippen LogP contribution < -0.4 is 51.4 Å². The molecule has 2 nitrogen and oxygen atoms in total. The Balaban J connectivity index is -0.00000000500. The van der Waals surface area contributed by atoms with E-state index in [0.717, 1.165) is 0 Å². The standard InChI is InChI=1S/CHN.K.H2O/c1-2;;/h1H;;1H2/q;+1;/p-1. The summed E-state index contributed by atoms with van der Waals surface area (Å²) in [5, 5.41) is 6.50. The van der Waals surface area contributed by atoms with Gasteiger partial charge in [0.25, 0.3) is 0 Å². The summed E-state index contributed by atoms with van der Waals surface area (Å²) in [6, 6.07) is 0. The van der Waals surface area contributed by atoms with Gasteiger partial charge in [-0.15, -0.1) is 0 Å². The van der Waals surface area contributed by atoms with Crippen molar-refractivity contribution >= 4 is 0 Å². The molecule has 0 unspecified atom stereocenters. The number of nitrogens with zero attached hydrogens (tertiary/aromatic N) is 1. The van der Waals surface area contributed by atoms with E-state index in [-0.39, 0.29) is 56.9 Å². The van der Waals surface area contributed by atoms with Gasteiger partial charge in [0.1, 0.15) is 0 Å². The summed E-state index contributed by atoms with van der Waals surface area (Å²) in [4.78, 5) is 0. The van der Waals surface area contributed by atoms with Crippen molar-refractivity contribution in [1.82, 2.24) is 0 Å². The van der Waals surface area contributed by atoms with Crippen molar-refractivity contribution in [2.24, 2.45) is 0 Å². The van der Waals surface area contributed by atoms with E-state index in [9.17, 15) is 0 Å². The maximum Gasteiger partial charge on any atom is 1.00 e. The first kappa shape index (κ1) is 19.5. The van der Waals surface area contributed by atoms with Crippen LogP contribution in [0.1, 0.15) is 0 Å². The zero-order chi connectivity index (χ0) is 2.00. The maximum atomic E-state index is 6.50. The molecule has 0 aliphatic rings. The Morgan fingerprint density at radius 2 is 1.25 bits per heavy atom. The third-order valence-corrected chi connectivity index (χ3v) is 0. The van der Waals surface area contributed by atoms with Gasteiger partial charge in [-0.25, -0.2) is 5.26 Å². The van der Waals surface area contributed by atoms with Crippen LogP contribution in [-0.4, -0.2) is 5.48 Å². The molecule has 0 radical (unpaired) electrons. The second kappa shape index (κ2) is 33.0. The van der Waals surface area contributed by atoms with Gasteiger partial charge < -0.3 is 5.48 Å². The average Bonchev–Trinajstić information content (AvgIpc) is 1.00. The van der Waals surface area contributed by atoms with Crippen molar-refractivity contribution in [1.29, 1.82) is 5.26 Å². The first-order chi connectivity index (χ1) is 1.00. The van der Waals surface area contributed by atoms with E-state index in [1.165, 1.54) is 0 Å². The molecule has 0 saturated heterocycles. The second-order valence-electron chi connectivity index (χ2n) is 0.